The molecule has 0 unspecified atom stereocenters. The van der Waals surface area contributed by atoms with Crippen LogP contribution in [0.1, 0.15) is 19.4 Å². The van der Waals surface area contributed by atoms with Crippen molar-refractivity contribution in [2.24, 2.45) is 12.5 Å². The fourth-order valence-corrected chi connectivity index (χ4v) is 2.48. The van der Waals surface area contributed by atoms with Crippen LogP contribution in [0.15, 0.2) is 28.9 Å². The second-order valence-electron chi connectivity index (χ2n) is 5.29. The molecule has 0 radical (unpaired) electrons. The maximum Gasteiger partial charge on any atom is 0.309 e. The number of hydrogen-bond acceptors (Lipinski definition) is 1. The quantitative estimate of drug-likeness (QED) is 0.941. The third kappa shape index (κ3) is 2.29. The molecule has 96 valence electrons. The maximum atomic E-state index is 11.2. The van der Waals surface area contributed by atoms with Gasteiger partial charge in [0, 0.05) is 28.6 Å². The lowest BCUT2D eigenvalue weighted by Crippen LogP contribution is -2.26. The van der Waals surface area contributed by atoms with Gasteiger partial charge in [0.15, 0.2) is 0 Å². The highest BCUT2D eigenvalue weighted by molar-refractivity contribution is 9.10. The number of benzene rings is 1. The number of rotatable bonds is 3. The predicted octanol–water partition coefficient (Wildman–Crippen LogP) is 3.59. The minimum atomic E-state index is -0.767. The van der Waals surface area contributed by atoms with Crippen LogP contribution in [0.2, 0.25) is 0 Å². The van der Waals surface area contributed by atoms with Gasteiger partial charge in [0.2, 0.25) is 0 Å². The van der Waals surface area contributed by atoms with Crippen molar-refractivity contribution >= 4 is 32.8 Å². The number of fused-ring (bicyclic) bond motifs is 1. The van der Waals surface area contributed by atoms with E-state index in [1.807, 2.05) is 36.0 Å². The van der Waals surface area contributed by atoms with E-state index in [1.165, 1.54) is 0 Å². The third-order valence-electron chi connectivity index (χ3n) is 3.25. The van der Waals surface area contributed by atoms with Crippen molar-refractivity contribution in [1.82, 2.24) is 4.57 Å². The van der Waals surface area contributed by atoms with Crippen molar-refractivity contribution in [3.8, 4) is 0 Å². The van der Waals surface area contributed by atoms with Crippen LogP contribution in [0.3, 0.4) is 0 Å². The smallest absolute Gasteiger partial charge is 0.309 e. The van der Waals surface area contributed by atoms with Gasteiger partial charge in [0.05, 0.1) is 5.41 Å². The number of aliphatic carboxylic acids is 1. The fraction of sp³-hybridized carbons (Fsp3) is 0.357. The fourth-order valence-electron chi connectivity index (χ4n) is 2.13. The molecule has 0 bridgehead atoms. The summed E-state index contributed by atoms with van der Waals surface area (Å²) in [5, 5.41) is 10.3. The van der Waals surface area contributed by atoms with Crippen LogP contribution in [0.5, 0.6) is 0 Å². The van der Waals surface area contributed by atoms with Gasteiger partial charge in [0.1, 0.15) is 0 Å². The second kappa shape index (κ2) is 4.43. The third-order valence-corrected chi connectivity index (χ3v) is 3.74. The molecule has 0 aliphatic carbocycles. The summed E-state index contributed by atoms with van der Waals surface area (Å²) in [5.74, 6) is -0.767. The van der Waals surface area contributed by atoms with E-state index in [9.17, 15) is 9.90 Å². The van der Waals surface area contributed by atoms with Gasteiger partial charge in [-0.1, -0.05) is 22.0 Å². The standard InChI is InChI=1S/C14H16BrNO2/c1-14(2,13(17)18)7-9-8-16(3)12-6-10(15)4-5-11(9)12/h4-6,8H,7H2,1-3H3,(H,17,18). The Bertz CT molecular complexity index is 614. The lowest BCUT2D eigenvalue weighted by molar-refractivity contribution is -0.146. The van der Waals surface area contributed by atoms with Crippen LogP contribution in [0, 0.1) is 5.41 Å². The van der Waals surface area contributed by atoms with Crippen molar-refractivity contribution in [3.05, 3.63) is 34.4 Å². The molecule has 1 aromatic carbocycles. The minimum absolute atomic E-state index is 0.529. The van der Waals surface area contributed by atoms with Gasteiger partial charge in [-0.2, -0.15) is 0 Å². The molecule has 0 fully saturated rings. The summed E-state index contributed by atoms with van der Waals surface area (Å²) in [7, 11) is 1.98. The average molecular weight is 310 g/mol. The number of carboxylic acid groups (broad SMARTS) is 1. The van der Waals surface area contributed by atoms with Gasteiger partial charge < -0.3 is 9.67 Å². The molecular weight excluding hydrogens is 294 g/mol. The van der Waals surface area contributed by atoms with E-state index in [0.29, 0.717) is 6.42 Å². The molecule has 0 spiro atoms. The van der Waals surface area contributed by atoms with E-state index in [1.54, 1.807) is 13.8 Å². The van der Waals surface area contributed by atoms with Crippen molar-refractivity contribution < 1.29 is 9.90 Å². The maximum absolute atomic E-state index is 11.2. The Morgan fingerprint density at radius 2 is 2.11 bits per heavy atom. The molecule has 1 N–H and O–H groups in total. The zero-order valence-corrected chi connectivity index (χ0v) is 12.3. The highest BCUT2D eigenvalue weighted by atomic mass is 79.9. The highest BCUT2D eigenvalue weighted by Gasteiger charge is 2.28. The van der Waals surface area contributed by atoms with Crippen molar-refractivity contribution in [2.75, 3.05) is 0 Å². The first kappa shape index (κ1) is 13.1. The molecule has 4 heteroatoms. The van der Waals surface area contributed by atoms with Gasteiger partial charge in [0.25, 0.3) is 0 Å². The number of nitrogens with zero attached hydrogens (tertiary/aromatic N) is 1. The summed E-state index contributed by atoms with van der Waals surface area (Å²) in [4.78, 5) is 11.2. The average Bonchev–Trinajstić information content (AvgIpc) is 2.54. The predicted molar refractivity (Wildman–Crippen MR) is 75.7 cm³/mol. The first-order chi connectivity index (χ1) is 8.31. The van der Waals surface area contributed by atoms with Crippen LogP contribution >= 0.6 is 15.9 Å². The zero-order valence-electron chi connectivity index (χ0n) is 10.7. The molecule has 1 aromatic heterocycles. The van der Waals surface area contributed by atoms with E-state index in [2.05, 4.69) is 15.9 Å². The minimum Gasteiger partial charge on any atom is -0.481 e. The van der Waals surface area contributed by atoms with Crippen LogP contribution in [-0.4, -0.2) is 15.6 Å². The van der Waals surface area contributed by atoms with E-state index >= 15 is 0 Å². The van der Waals surface area contributed by atoms with Gasteiger partial charge >= 0.3 is 5.97 Å². The van der Waals surface area contributed by atoms with Gasteiger partial charge in [-0.15, -0.1) is 0 Å². The number of aryl methyl sites for hydroxylation is 1. The van der Waals surface area contributed by atoms with Crippen LogP contribution in [0.4, 0.5) is 0 Å². The number of halogens is 1. The molecule has 0 saturated heterocycles. The summed E-state index contributed by atoms with van der Waals surface area (Å²) in [5.41, 5.74) is 1.44. The Hall–Kier alpha value is -1.29. The van der Waals surface area contributed by atoms with Gasteiger partial charge in [-0.3, -0.25) is 4.79 Å². The van der Waals surface area contributed by atoms with Crippen molar-refractivity contribution in [1.29, 1.82) is 0 Å². The molecule has 0 aliphatic heterocycles. The van der Waals surface area contributed by atoms with Crippen LogP contribution < -0.4 is 0 Å². The Balaban J connectivity index is 2.50. The zero-order chi connectivity index (χ0) is 13.5. The Morgan fingerprint density at radius 1 is 1.44 bits per heavy atom. The molecule has 2 rings (SSSR count). The summed E-state index contributed by atoms with van der Waals surface area (Å²) in [6.45, 7) is 3.51. The summed E-state index contributed by atoms with van der Waals surface area (Å²) in [6, 6.07) is 6.07. The summed E-state index contributed by atoms with van der Waals surface area (Å²) < 4.78 is 3.06. The number of aromatic nitrogens is 1. The molecule has 18 heavy (non-hydrogen) atoms. The molecule has 0 amide bonds. The number of hydrogen-bond donors (Lipinski definition) is 1. The lowest BCUT2D eigenvalue weighted by atomic mass is 9.86. The van der Waals surface area contributed by atoms with E-state index in [4.69, 9.17) is 0 Å². The van der Waals surface area contributed by atoms with Crippen LogP contribution in [0.25, 0.3) is 10.9 Å². The summed E-state index contributed by atoms with van der Waals surface area (Å²) in [6.07, 6.45) is 2.54. The van der Waals surface area contributed by atoms with Gasteiger partial charge in [-0.25, -0.2) is 0 Å². The number of carbonyl (C=O) groups is 1. The monoisotopic (exact) mass is 309 g/mol. The number of carboxylic acids is 1. The second-order valence-corrected chi connectivity index (χ2v) is 6.21. The summed E-state index contributed by atoms with van der Waals surface area (Å²) >= 11 is 3.45. The lowest BCUT2D eigenvalue weighted by Gasteiger charge is -2.18. The highest BCUT2D eigenvalue weighted by Crippen LogP contribution is 2.30. The van der Waals surface area contributed by atoms with Gasteiger partial charge in [-0.05, 0) is 38.0 Å². The van der Waals surface area contributed by atoms with E-state index in [-0.39, 0.29) is 0 Å². The first-order valence-corrected chi connectivity index (χ1v) is 6.57. The molecule has 0 saturated carbocycles. The Morgan fingerprint density at radius 3 is 2.72 bits per heavy atom. The van der Waals surface area contributed by atoms with E-state index in [0.717, 1.165) is 20.9 Å². The van der Waals surface area contributed by atoms with Crippen LogP contribution in [-0.2, 0) is 18.3 Å². The first-order valence-electron chi connectivity index (χ1n) is 5.78. The molecule has 0 atom stereocenters. The molecule has 1 heterocycles. The molecular formula is C14H16BrNO2. The largest absolute Gasteiger partial charge is 0.481 e. The SMILES string of the molecule is Cn1cc(CC(C)(C)C(=O)O)c2ccc(Br)cc21. The molecule has 0 aliphatic rings. The topological polar surface area (TPSA) is 42.2 Å². The van der Waals surface area contributed by atoms with Crippen molar-refractivity contribution in [3.63, 3.8) is 0 Å². The van der Waals surface area contributed by atoms with E-state index < -0.39 is 11.4 Å². The Labute approximate surface area is 115 Å². The van der Waals surface area contributed by atoms with Crippen molar-refractivity contribution in [2.45, 2.75) is 20.3 Å². The molecule has 3 nitrogen and oxygen atoms in total. The molecule has 2 aromatic rings. The normalized spacial score (nSPS) is 12.0. The Kier molecular flexibility index (Phi) is 3.23.